The molecule has 1 atom stereocenters. The second-order valence-electron chi connectivity index (χ2n) is 5.30. The van der Waals surface area contributed by atoms with E-state index in [2.05, 4.69) is 0 Å². The van der Waals surface area contributed by atoms with Crippen LogP contribution in [0.1, 0.15) is 45.8 Å². The third-order valence-corrected chi connectivity index (χ3v) is 2.56. The lowest BCUT2D eigenvalue weighted by Gasteiger charge is -2.26. The maximum absolute atomic E-state index is 13.7. The maximum atomic E-state index is 13.7. The van der Waals surface area contributed by atoms with Crippen LogP contribution in [0.2, 0.25) is 0 Å². The van der Waals surface area contributed by atoms with Gasteiger partial charge >= 0.3 is 0 Å². The molecule has 0 bridgehead atoms. The van der Waals surface area contributed by atoms with Crippen molar-refractivity contribution in [1.82, 2.24) is 0 Å². The van der Waals surface area contributed by atoms with Crippen LogP contribution in [-0.4, -0.2) is 11.7 Å². The normalized spacial score (nSPS) is 13.5. The second-order valence-corrected chi connectivity index (χ2v) is 5.30. The molecule has 1 N–H and O–H groups in total. The van der Waals surface area contributed by atoms with Crippen LogP contribution in [-0.2, 0) is 0 Å². The molecular formula is C14H21FO2. The highest BCUT2D eigenvalue weighted by molar-refractivity contribution is 5.32. The van der Waals surface area contributed by atoms with Gasteiger partial charge in [0.1, 0.15) is 11.6 Å². The van der Waals surface area contributed by atoms with Crippen molar-refractivity contribution in [3.63, 3.8) is 0 Å². The molecule has 0 amide bonds. The molecule has 17 heavy (non-hydrogen) atoms. The fraction of sp³-hybridized carbons (Fsp3) is 0.571. The number of halogens is 1. The first-order chi connectivity index (χ1) is 7.86. The van der Waals surface area contributed by atoms with Gasteiger partial charge in [-0.15, -0.1) is 0 Å². The molecule has 1 aromatic carbocycles. The Bertz CT molecular complexity index is 369. The lowest BCUT2D eigenvalue weighted by atomic mass is 9.84. The number of hydrogen-bond acceptors (Lipinski definition) is 2. The van der Waals surface area contributed by atoms with Gasteiger partial charge in [0.15, 0.2) is 0 Å². The largest absolute Gasteiger partial charge is 0.494 e. The number of aliphatic hydroxyl groups is 1. The average Bonchev–Trinajstić information content (AvgIpc) is 2.26. The number of rotatable bonds is 4. The molecule has 0 heterocycles. The summed E-state index contributed by atoms with van der Waals surface area (Å²) in [6.45, 7) is 8.22. The van der Waals surface area contributed by atoms with Crippen LogP contribution in [0.4, 0.5) is 4.39 Å². The minimum absolute atomic E-state index is 0.297. The zero-order valence-corrected chi connectivity index (χ0v) is 11.0. The Morgan fingerprint density at radius 2 is 2.00 bits per heavy atom. The molecule has 96 valence electrons. The van der Waals surface area contributed by atoms with Gasteiger partial charge in [-0.05, 0) is 30.0 Å². The SMILES string of the molecule is CCCOc1ccc(F)c(C(O)C(C)(C)C)c1. The van der Waals surface area contributed by atoms with E-state index < -0.39 is 17.3 Å². The van der Waals surface area contributed by atoms with Crippen molar-refractivity contribution in [3.05, 3.63) is 29.6 Å². The zero-order valence-electron chi connectivity index (χ0n) is 11.0. The fourth-order valence-electron chi connectivity index (χ4n) is 1.51. The van der Waals surface area contributed by atoms with E-state index in [4.69, 9.17) is 4.74 Å². The molecular weight excluding hydrogens is 219 g/mol. The van der Waals surface area contributed by atoms with Crippen molar-refractivity contribution in [2.24, 2.45) is 5.41 Å². The van der Waals surface area contributed by atoms with Crippen LogP contribution < -0.4 is 4.74 Å². The number of benzene rings is 1. The van der Waals surface area contributed by atoms with Crippen LogP contribution in [0, 0.1) is 11.2 Å². The molecule has 0 aliphatic heterocycles. The minimum Gasteiger partial charge on any atom is -0.494 e. The molecule has 1 rings (SSSR count). The Labute approximate surface area is 102 Å². The molecule has 0 saturated heterocycles. The summed E-state index contributed by atoms with van der Waals surface area (Å²) < 4.78 is 19.1. The van der Waals surface area contributed by atoms with Gasteiger partial charge in [0.2, 0.25) is 0 Å². The topological polar surface area (TPSA) is 29.5 Å². The summed E-state index contributed by atoms with van der Waals surface area (Å²) in [7, 11) is 0. The van der Waals surface area contributed by atoms with Gasteiger partial charge in [-0.3, -0.25) is 0 Å². The summed E-state index contributed by atoms with van der Waals surface area (Å²) in [5.74, 6) is 0.211. The van der Waals surface area contributed by atoms with Crippen molar-refractivity contribution < 1.29 is 14.2 Å². The third kappa shape index (κ3) is 3.70. The molecule has 3 heteroatoms. The molecule has 0 fully saturated rings. The molecule has 1 aromatic rings. The van der Waals surface area contributed by atoms with Crippen molar-refractivity contribution in [3.8, 4) is 5.75 Å². The predicted molar refractivity (Wildman–Crippen MR) is 66.6 cm³/mol. The average molecular weight is 240 g/mol. The van der Waals surface area contributed by atoms with E-state index >= 15 is 0 Å². The van der Waals surface area contributed by atoms with Gasteiger partial charge in [0.25, 0.3) is 0 Å². The maximum Gasteiger partial charge on any atom is 0.129 e. The van der Waals surface area contributed by atoms with E-state index in [1.54, 1.807) is 12.1 Å². The monoisotopic (exact) mass is 240 g/mol. The van der Waals surface area contributed by atoms with Crippen LogP contribution in [0.5, 0.6) is 5.75 Å². The quantitative estimate of drug-likeness (QED) is 0.869. The third-order valence-electron chi connectivity index (χ3n) is 2.56. The van der Waals surface area contributed by atoms with E-state index in [-0.39, 0.29) is 0 Å². The van der Waals surface area contributed by atoms with Crippen molar-refractivity contribution in [2.75, 3.05) is 6.61 Å². The summed E-state index contributed by atoms with van der Waals surface area (Å²) >= 11 is 0. The van der Waals surface area contributed by atoms with E-state index in [0.29, 0.717) is 17.9 Å². The van der Waals surface area contributed by atoms with E-state index in [9.17, 15) is 9.50 Å². The molecule has 0 radical (unpaired) electrons. The number of ether oxygens (including phenoxy) is 1. The molecule has 0 spiro atoms. The standard InChI is InChI=1S/C14H21FO2/c1-5-8-17-10-6-7-12(15)11(9-10)13(16)14(2,3)4/h6-7,9,13,16H,5,8H2,1-4H3. The molecule has 2 nitrogen and oxygen atoms in total. The second kappa shape index (κ2) is 5.50. The lowest BCUT2D eigenvalue weighted by molar-refractivity contribution is 0.0592. The highest BCUT2D eigenvalue weighted by Crippen LogP contribution is 2.35. The molecule has 0 saturated carbocycles. The summed E-state index contributed by atoms with van der Waals surface area (Å²) in [4.78, 5) is 0. The van der Waals surface area contributed by atoms with Gasteiger partial charge < -0.3 is 9.84 Å². The van der Waals surface area contributed by atoms with E-state index in [0.717, 1.165) is 6.42 Å². The van der Waals surface area contributed by atoms with Crippen molar-refractivity contribution >= 4 is 0 Å². The summed E-state index contributed by atoms with van der Waals surface area (Å²) in [6.07, 6.45) is 0.0572. The first kappa shape index (κ1) is 14.0. The molecule has 0 aliphatic carbocycles. The van der Waals surface area contributed by atoms with Crippen LogP contribution in [0.25, 0.3) is 0 Å². The summed E-state index contributed by atoms with van der Waals surface area (Å²) in [5, 5.41) is 10.1. The van der Waals surface area contributed by atoms with Gasteiger partial charge in [-0.25, -0.2) is 4.39 Å². The number of aliphatic hydroxyl groups excluding tert-OH is 1. The highest BCUT2D eigenvalue weighted by atomic mass is 19.1. The minimum atomic E-state index is -0.840. The number of hydrogen-bond donors (Lipinski definition) is 1. The van der Waals surface area contributed by atoms with Crippen LogP contribution >= 0.6 is 0 Å². The molecule has 1 unspecified atom stereocenters. The van der Waals surface area contributed by atoms with Crippen LogP contribution in [0.15, 0.2) is 18.2 Å². The van der Waals surface area contributed by atoms with E-state index in [1.807, 2.05) is 27.7 Å². The van der Waals surface area contributed by atoms with Gasteiger partial charge in [0.05, 0.1) is 12.7 Å². The Hall–Kier alpha value is -1.09. The Morgan fingerprint density at radius 3 is 2.53 bits per heavy atom. The first-order valence-corrected chi connectivity index (χ1v) is 5.96. The van der Waals surface area contributed by atoms with Crippen LogP contribution in [0.3, 0.4) is 0 Å². The van der Waals surface area contributed by atoms with Gasteiger partial charge in [0, 0.05) is 5.56 Å². The highest BCUT2D eigenvalue weighted by Gasteiger charge is 2.26. The predicted octanol–water partition coefficient (Wildman–Crippen LogP) is 3.69. The van der Waals surface area contributed by atoms with Crippen molar-refractivity contribution in [1.29, 1.82) is 0 Å². The first-order valence-electron chi connectivity index (χ1n) is 5.96. The Morgan fingerprint density at radius 1 is 1.35 bits per heavy atom. The smallest absolute Gasteiger partial charge is 0.129 e. The zero-order chi connectivity index (χ0) is 13.1. The molecule has 0 aromatic heterocycles. The summed E-state index contributed by atoms with van der Waals surface area (Å²) in [5.41, 5.74) is -0.101. The lowest BCUT2D eigenvalue weighted by Crippen LogP contribution is -2.19. The summed E-state index contributed by atoms with van der Waals surface area (Å²) in [6, 6.07) is 4.51. The molecule has 0 aliphatic rings. The van der Waals surface area contributed by atoms with Crippen molar-refractivity contribution in [2.45, 2.75) is 40.2 Å². The fourth-order valence-corrected chi connectivity index (χ4v) is 1.51. The van der Waals surface area contributed by atoms with E-state index in [1.165, 1.54) is 6.07 Å². The van der Waals surface area contributed by atoms with Gasteiger partial charge in [-0.1, -0.05) is 27.7 Å². The van der Waals surface area contributed by atoms with Gasteiger partial charge in [-0.2, -0.15) is 0 Å². The Balaban J connectivity index is 2.98. The Kier molecular flexibility index (Phi) is 4.52.